The van der Waals surface area contributed by atoms with Crippen LogP contribution >= 0.6 is 12.2 Å². The molecule has 1 N–H and O–H groups in total. The Kier molecular flexibility index (Phi) is 6.66. The number of ether oxygens (including phenoxy) is 2. The van der Waals surface area contributed by atoms with Crippen LogP contribution in [0, 0.1) is 11.7 Å². The molecule has 0 aliphatic heterocycles. The second-order valence-corrected chi connectivity index (χ2v) is 7.03. The Morgan fingerprint density at radius 3 is 2.45 bits per heavy atom. The van der Waals surface area contributed by atoms with Crippen molar-refractivity contribution in [2.75, 3.05) is 27.3 Å². The van der Waals surface area contributed by atoms with Gasteiger partial charge >= 0.3 is 0 Å². The lowest BCUT2D eigenvalue weighted by molar-refractivity contribution is -0.130. The van der Waals surface area contributed by atoms with Crippen LogP contribution in [0.15, 0.2) is 48.5 Å². The Morgan fingerprint density at radius 1 is 1.14 bits per heavy atom. The Morgan fingerprint density at radius 2 is 1.79 bits per heavy atom. The van der Waals surface area contributed by atoms with Crippen molar-refractivity contribution in [3.05, 3.63) is 58.9 Å². The standard InChI is InChI=1S/C21H24N4O3S/c1-15-4-6-16(7-5-15)20-22-23-21(29)25(20)14-19(26)24(2)12-13-28-18-10-8-17(27-3)9-11-18/h4-11H,12-14H2,1-3H3,(H,23,29). The molecule has 0 radical (unpaired) electrons. The van der Waals surface area contributed by atoms with E-state index in [-0.39, 0.29) is 12.5 Å². The first kappa shape index (κ1) is 20.6. The molecule has 8 heteroatoms. The van der Waals surface area contributed by atoms with Gasteiger partial charge in [-0.2, -0.15) is 5.10 Å². The van der Waals surface area contributed by atoms with E-state index in [9.17, 15) is 4.79 Å². The highest BCUT2D eigenvalue weighted by Gasteiger charge is 2.15. The molecule has 0 fully saturated rings. The van der Waals surface area contributed by atoms with Crippen molar-refractivity contribution in [2.45, 2.75) is 13.5 Å². The van der Waals surface area contributed by atoms with Crippen molar-refractivity contribution < 1.29 is 14.3 Å². The summed E-state index contributed by atoms with van der Waals surface area (Å²) in [6, 6.07) is 15.3. The fraction of sp³-hybridized carbons (Fsp3) is 0.286. The highest BCUT2D eigenvalue weighted by molar-refractivity contribution is 7.71. The molecule has 1 aromatic heterocycles. The van der Waals surface area contributed by atoms with Crippen molar-refractivity contribution in [1.29, 1.82) is 0 Å². The molecule has 29 heavy (non-hydrogen) atoms. The summed E-state index contributed by atoms with van der Waals surface area (Å²) in [5.74, 6) is 2.07. The van der Waals surface area contributed by atoms with Crippen molar-refractivity contribution in [2.24, 2.45) is 0 Å². The van der Waals surface area contributed by atoms with Gasteiger partial charge in [0.2, 0.25) is 5.91 Å². The summed E-state index contributed by atoms with van der Waals surface area (Å²) in [4.78, 5) is 14.3. The van der Waals surface area contributed by atoms with E-state index in [0.29, 0.717) is 23.7 Å². The molecule has 0 unspecified atom stereocenters. The number of rotatable bonds is 8. The number of aromatic amines is 1. The molecule has 0 bridgehead atoms. The third kappa shape index (κ3) is 5.23. The highest BCUT2D eigenvalue weighted by Crippen LogP contribution is 2.19. The number of hydrogen-bond acceptors (Lipinski definition) is 5. The molecule has 0 saturated heterocycles. The van der Waals surface area contributed by atoms with Gasteiger partial charge in [0, 0.05) is 12.6 Å². The van der Waals surface area contributed by atoms with Crippen LogP contribution in [0.3, 0.4) is 0 Å². The fourth-order valence-corrected chi connectivity index (χ4v) is 2.94. The predicted molar refractivity (Wildman–Crippen MR) is 114 cm³/mol. The molecule has 0 saturated carbocycles. The minimum absolute atomic E-state index is 0.0748. The van der Waals surface area contributed by atoms with Gasteiger partial charge in [0.1, 0.15) is 24.7 Å². The van der Waals surface area contributed by atoms with Crippen LogP contribution in [0.25, 0.3) is 11.4 Å². The molecule has 1 heterocycles. The van der Waals surface area contributed by atoms with Crippen LogP contribution in [-0.2, 0) is 11.3 Å². The summed E-state index contributed by atoms with van der Waals surface area (Å²) in [6.07, 6.45) is 0. The number of aromatic nitrogens is 3. The molecule has 3 aromatic rings. The lowest BCUT2D eigenvalue weighted by Gasteiger charge is -2.18. The third-order valence-corrected chi connectivity index (χ3v) is 4.85. The van der Waals surface area contributed by atoms with E-state index in [1.54, 1.807) is 23.6 Å². The Bertz CT molecular complexity index is 1010. The van der Waals surface area contributed by atoms with E-state index in [1.807, 2.05) is 55.5 Å². The molecule has 7 nitrogen and oxygen atoms in total. The molecule has 0 aliphatic rings. The molecule has 1 amide bonds. The number of methoxy groups -OCH3 is 1. The first-order valence-electron chi connectivity index (χ1n) is 9.21. The van der Waals surface area contributed by atoms with Crippen molar-refractivity contribution in [3.8, 4) is 22.9 Å². The van der Waals surface area contributed by atoms with Gasteiger partial charge in [-0.15, -0.1) is 0 Å². The number of carbonyl (C=O) groups is 1. The van der Waals surface area contributed by atoms with Crippen molar-refractivity contribution >= 4 is 18.1 Å². The minimum atomic E-state index is -0.0748. The lowest BCUT2D eigenvalue weighted by atomic mass is 10.1. The zero-order valence-electron chi connectivity index (χ0n) is 16.7. The van der Waals surface area contributed by atoms with Crippen LogP contribution in [-0.4, -0.2) is 52.9 Å². The Labute approximate surface area is 174 Å². The average Bonchev–Trinajstić information content (AvgIpc) is 3.09. The van der Waals surface area contributed by atoms with Crippen LogP contribution in [0.1, 0.15) is 5.56 Å². The Balaban J connectivity index is 1.59. The number of carbonyl (C=O) groups excluding carboxylic acids is 1. The van der Waals surface area contributed by atoms with Gasteiger partial charge in [0.15, 0.2) is 10.6 Å². The van der Waals surface area contributed by atoms with E-state index < -0.39 is 0 Å². The lowest BCUT2D eigenvalue weighted by Crippen LogP contribution is -2.33. The predicted octanol–water partition coefficient (Wildman–Crippen LogP) is 3.46. The van der Waals surface area contributed by atoms with Crippen molar-refractivity contribution in [3.63, 3.8) is 0 Å². The van der Waals surface area contributed by atoms with Gasteiger partial charge < -0.3 is 14.4 Å². The number of nitrogens with zero attached hydrogens (tertiary/aromatic N) is 3. The molecule has 0 atom stereocenters. The van der Waals surface area contributed by atoms with Gasteiger partial charge in [-0.1, -0.05) is 29.8 Å². The van der Waals surface area contributed by atoms with Crippen LogP contribution < -0.4 is 9.47 Å². The van der Waals surface area contributed by atoms with E-state index in [4.69, 9.17) is 21.7 Å². The number of H-pyrrole nitrogens is 1. The smallest absolute Gasteiger partial charge is 0.242 e. The molecular formula is C21H24N4O3S. The van der Waals surface area contributed by atoms with Crippen LogP contribution in [0.2, 0.25) is 0 Å². The number of benzene rings is 2. The molecule has 0 spiro atoms. The molecular weight excluding hydrogens is 388 g/mol. The maximum atomic E-state index is 12.7. The number of aryl methyl sites for hydroxylation is 1. The highest BCUT2D eigenvalue weighted by atomic mass is 32.1. The quantitative estimate of drug-likeness (QED) is 0.574. The number of nitrogens with one attached hydrogen (secondary N) is 1. The van der Waals surface area contributed by atoms with E-state index in [1.165, 1.54) is 0 Å². The normalized spacial score (nSPS) is 10.6. The second-order valence-electron chi connectivity index (χ2n) is 6.64. The van der Waals surface area contributed by atoms with E-state index in [0.717, 1.165) is 22.6 Å². The Hall–Kier alpha value is -3.13. The van der Waals surface area contributed by atoms with Crippen molar-refractivity contribution in [1.82, 2.24) is 19.7 Å². The van der Waals surface area contributed by atoms with E-state index >= 15 is 0 Å². The summed E-state index contributed by atoms with van der Waals surface area (Å²) in [6.45, 7) is 2.97. The van der Waals surface area contributed by atoms with Crippen LogP contribution in [0.5, 0.6) is 11.5 Å². The fourth-order valence-electron chi connectivity index (χ4n) is 2.74. The van der Waals surface area contributed by atoms with Gasteiger partial charge in [0.25, 0.3) is 0 Å². The largest absolute Gasteiger partial charge is 0.497 e. The van der Waals surface area contributed by atoms with Gasteiger partial charge in [-0.25, -0.2) is 0 Å². The van der Waals surface area contributed by atoms with Gasteiger partial charge in [-0.05, 0) is 43.4 Å². The molecule has 152 valence electrons. The molecule has 2 aromatic carbocycles. The minimum Gasteiger partial charge on any atom is -0.497 e. The molecule has 3 rings (SSSR count). The maximum absolute atomic E-state index is 12.7. The number of likely N-dealkylation sites (N-methyl/N-ethyl adjacent to an activating group) is 1. The van der Waals surface area contributed by atoms with Crippen LogP contribution in [0.4, 0.5) is 0 Å². The first-order chi connectivity index (χ1) is 14.0. The zero-order valence-corrected chi connectivity index (χ0v) is 17.5. The topological polar surface area (TPSA) is 72.4 Å². The first-order valence-corrected chi connectivity index (χ1v) is 9.62. The average molecular weight is 413 g/mol. The summed E-state index contributed by atoms with van der Waals surface area (Å²) in [5.41, 5.74) is 2.06. The zero-order chi connectivity index (χ0) is 20.8. The summed E-state index contributed by atoms with van der Waals surface area (Å²) < 4.78 is 12.9. The maximum Gasteiger partial charge on any atom is 0.242 e. The monoisotopic (exact) mass is 412 g/mol. The van der Waals surface area contributed by atoms with E-state index in [2.05, 4.69) is 10.2 Å². The summed E-state index contributed by atoms with van der Waals surface area (Å²) >= 11 is 5.31. The second kappa shape index (κ2) is 9.38. The summed E-state index contributed by atoms with van der Waals surface area (Å²) in [7, 11) is 3.36. The number of hydrogen-bond donors (Lipinski definition) is 1. The third-order valence-electron chi connectivity index (χ3n) is 4.54. The summed E-state index contributed by atoms with van der Waals surface area (Å²) in [5, 5.41) is 7.06. The SMILES string of the molecule is COc1ccc(OCCN(C)C(=O)Cn2c(-c3ccc(C)cc3)n[nH]c2=S)cc1. The van der Waals surface area contributed by atoms with Gasteiger partial charge in [-0.3, -0.25) is 14.5 Å². The molecule has 0 aliphatic carbocycles. The number of amides is 1. The van der Waals surface area contributed by atoms with Gasteiger partial charge in [0.05, 0.1) is 13.7 Å².